The van der Waals surface area contributed by atoms with Crippen molar-refractivity contribution in [1.82, 2.24) is 20.4 Å². The predicted octanol–water partition coefficient (Wildman–Crippen LogP) is 5.21. The standard InChI is InChI=1S/C22H29N5/c23-20-15-19(21-22(24-20)26-27-25-21)18(17-12-5-2-6-13-17)14-8-7-11-16-9-3-1-4-10-16/h2,5-6,12-13,15-16,18H,1,3-4,7-11,14H2,(H3,23,24,25,26,27). The largest absolute Gasteiger partial charge is 0.384 e. The van der Waals surface area contributed by atoms with E-state index in [9.17, 15) is 0 Å². The van der Waals surface area contributed by atoms with Crippen LogP contribution in [0.5, 0.6) is 0 Å². The number of hydrogen-bond acceptors (Lipinski definition) is 4. The Kier molecular flexibility index (Phi) is 5.66. The normalized spacial score (nSPS) is 16.6. The van der Waals surface area contributed by atoms with E-state index < -0.39 is 0 Å². The molecule has 5 heteroatoms. The van der Waals surface area contributed by atoms with E-state index in [1.54, 1.807) is 0 Å². The number of pyridine rings is 1. The number of nitrogens with two attached hydrogens (primary N) is 1. The summed E-state index contributed by atoms with van der Waals surface area (Å²) in [5.74, 6) is 1.73. The van der Waals surface area contributed by atoms with Crippen LogP contribution in [0.1, 0.15) is 74.8 Å². The van der Waals surface area contributed by atoms with Gasteiger partial charge in [0.1, 0.15) is 11.3 Å². The minimum atomic E-state index is 0.274. The maximum Gasteiger partial charge on any atom is 0.203 e. The van der Waals surface area contributed by atoms with Crippen molar-refractivity contribution in [3.63, 3.8) is 0 Å². The number of nitrogens with one attached hydrogen (secondary N) is 1. The molecule has 1 saturated carbocycles. The molecular formula is C22H29N5. The molecule has 27 heavy (non-hydrogen) atoms. The predicted molar refractivity (Wildman–Crippen MR) is 109 cm³/mol. The van der Waals surface area contributed by atoms with E-state index in [1.807, 2.05) is 6.07 Å². The Bertz CT molecular complexity index is 852. The highest BCUT2D eigenvalue weighted by Crippen LogP contribution is 2.35. The van der Waals surface area contributed by atoms with E-state index in [4.69, 9.17) is 5.73 Å². The van der Waals surface area contributed by atoms with Crippen LogP contribution in [0.15, 0.2) is 36.4 Å². The monoisotopic (exact) mass is 363 g/mol. The molecule has 142 valence electrons. The molecule has 1 aliphatic rings. The summed E-state index contributed by atoms with van der Waals surface area (Å²) < 4.78 is 0. The molecule has 2 heterocycles. The number of aromatic nitrogens is 4. The third kappa shape index (κ3) is 4.29. The van der Waals surface area contributed by atoms with Crippen LogP contribution in [-0.2, 0) is 0 Å². The molecule has 1 aromatic carbocycles. The summed E-state index contributed by atoms with van der Waals surface area (Å²) in [4.78, 5) is 4.30. The first-order chi connectivity index (χ1) is 13.3. The van der Waals surface area contributed by atoms with Gasteiger partial charge in [-0.25, -0.2) is 4.98 Å². The molecule has 0 saturated heterocycles. The number of benzene rings is 1. The lowest BCUT2D eigenvalue weighted by Crippen LogP contribution is -2.07. The van der Waals surface area contributed by atoms with Crippen LogP contribution < -0.4 is 5.73 Å². The van der Waals surface area contributed by atoms with Crippen molar-refractivity contribution in [1.29, 1.82) is 0 Å². The molecule has 1 unspecified atom stereocenters. The first-order valence-electron chi connectivity index (χ1n) is 10.3. The van der Waals surface area contributed by atoms with Crippen molar-refractivity contribution in [2.45, 2.75) is 63.7 Å². The van der Waals surface area contributed by atoms with Crippen LogP contribution in [0.2, 0.25) is 0 Å². The Labute approximate surface area is 160 Å². The Morgan fingerprint density at radius 3 is 2.67 bits per heavy atom. The molecule has 0 amide bonds. The van der Waals surface area contributed by atoms with Crippen LogP contribution in [0.4, 0.5) is 5.82 Å². The van der Waals surface area contributed by atoms with Gasteiger partial charge in [-0.05, 0) is 29.5 Å². The molecule has 2 aromatic heterocycles. The zero-order chi connectivity index (χ0) is 18.5. The highest BCUT2D eigenvalue weighted by atomic mass is 15.3. The number of fused-ring (bicyclic) bond motifs is 1. The van der Waals surface area contributed by atoms with Crippen molar-refractivity contribution in [2.75, 3.05) is 5.73 Å². The van der Waals surface area contributed by atoms with Crippen LogP contribution >= 0.6 is 0 Å². The molecule has 3 N–H and O–H groups in total. The number of H-pyrrole nitrogens is 1. The van der Waals surface area contributed by atoms with Gasteiger partial charge in [-0.1, -0.05) is 81.7 Å². The molecule has 5 nitrogen and oxygen atoms in total. The van der Waals surface area contributed by atoms with Gasteiger partial charge in [0.15, 0.2) is 0 Å². The Morgan fingerprint density at radius 1 is 1.04 bits per heavy atom. The SMILES string of the molecule is Nc1cc(C(CCCCC2CCCCC2)c2ccccc2)c2n[nH]nc2n1. The highest BCUT2D eigenvalue weighted by molar-refractivity contribution is 5.77. The van der Waals surface area contributed by atoms with Crippen LogP contribution in [-0.4, -0.2) is 20.4 Å². The lowest BCUT2D eigenvalue weighted by Gasteiger charge is -2.22. The second-order valence-corrected chi connectivity index (χ2v) is 7.88. The topological polar surface area (TPSA) is 80.5 Å². The fourth-order valence-electron chi connectivity index (χ4n) is 4.59. The third-order valence-electron chi connectivity index (χ3n) is 6.00. The van der Waals surface area contributed by atoms with Gasteiger partial charge in [-0.15, -0.1) is 5.10 Å². The summed E-state index contributed by atoms with van der Waals surface area (Å²) >= 11 is 0. The first-order valence-corrected chi connectivity index (χ1v) is 10.3. The second kappa shape index (κ2) is 8.51. The minimum Gasteiger partial charge on any atom is -0.384 e. The molecule has 0 aliphatic heterocycles. The molecule has 1 aliphatic carbocycles. The van der Waals surface area contributed by atoms with Gasteiger partial charge in [0.05, 0.1) is 0 Å². The van der Waals surface area contributed by atoms with Gasteiger partial charge in [0, 0.05) is 5.92 Å². The van der Waals surface area contributed by atoms with E-state index in [0.29, 0.717) is 11.5 Å². The second-order valence-electron chi connectivity index (χ2n) is 7.88. The number of rotatable bonds is 7. The fraction of sp³-hybridized carbons (Fsp3) is 0.500. The number of aromatic amines is 1. The van der Waals surface area contributed by atoms with Crippen molar-refractivity contribution in [2.24, 2.45) is 5.92 Å². The Balaban J connectivity index is 1.52. The lowest BCUT2D eigenvalue weighted by molar-refractivity contribution is 0.328. The van der Waals surface area contributed by atoms with E-state index in [2.05, 4.69) is 50.7 Å². The molecule has 4 rings (SSSR count). The number of anilines is 1. The van der Waals surface area contributed by atoms with Crippen LogP contribution in [0, 0.1) is 5.92 Å². The smallest absolute Gasteiger partial charge is 0.203 e. The van der Waals surface area contributed by atoms with E-state index in [1.165, 1.54) is 56.9 Å². The van der Waals surface area contributed by atoms with Crippen molar-refractivity contribution >= 4 is 17.0 Å². The summed E-state index contributed by atoms with van der Waals surface area (Å²) in [6.07, 6.45) is 12.2. The van der Waals surface area contributed by atoms with E-state index in [0.717, 1.165) is 23.4 Å². The highest BCUT2D eigenvalue weighted by Gasteiger charge is 2.20. The minimum absolute atomic E-state index is 0.274. The molecule has 0 spiro atoms. The first kappa shape index (κ1) is 18.0. The fourth-order valence-corrected chi connectivity index (χ4v) is 4.59. The van der Waals surface area contributed by atoms with Crippen LogP contribution in [0.25, 0.3) is 11.2 Å². The zero-order valence-electron chi connectivity index (χ0n) is 15.9. The Hall–Kier alpha value is -2.43. The number of unbranched alkanes of at least 4 members (excludes halogenated alkanes) is 1. The van der Waals surface area contributed by atoms with Gasteiger partial charge in [-0.3, -0.25) is 0 Å². The van der Waals surface area contributed by atoms with Crippen molar-refractivity contribution < 1.29 is 0 Å². The summed E-state index contributed by atoms with van der Waals surface area (Å²) in [6, 6.07) is 12.7. The molecule has 1 fully saturated rings. The maximum atomic E-state index is 6.06. The van der Waals surface area contributed by atoms with Crippen molar-refractivity contribution in [3.05, 3.63) is 47.5 Å². The summed E-state index contributed by atoms with van der Waals surface area (Å²) in [6.45, 7) is 0. The summed E-state index contributed by atoms with van der Waals surface area (Å²) in [5.41, 5.74) is 9.95. The van der Waals surface area contributed by atoms with E-state index >= 15 is 0 Å². The van der Waals surface area contributed by atoms with Gasteiger partial charge < -0.3 is 5.73 Å². The van der Waals surface area contributed by atoms with Gasteiger partial charge in [0.25, 0.3) is 0 Å². The Morgan fingerprint density at radius 2 is 1.85 bits per heavy atom. The average Bonchev–Trinajstić information content (AvgIpc) is 3.17. The third-order valence-corrected chi connectivity index (χ3v) is 6.00. The summed E-state index contributed by atoms with van der Waals surface area (Å²) in [5, 5.41) is 11.2. The number of nitrogens with zero attached hydrogens (tertiary/aromatic N) is 3. The van der Waals surface area contributed by atoms with E-state index in [-0.39, 0.29) is 5.92 Å². The van der Waals surface area contributed by atoms with Gasteiger partial charge >= 0.3 is 0 Å². The molecule has 0 bridgehead atoms. The lowest BCUT2D eigenvalue weighted by atomic mass is 9.83. The van der Waals surface area contributed by atoms with Gasteiger partial charge in [-0.2, -0.15) is 10.3 Å². The molecule has 0 radical (unpaired) electrons. The molecule has 3 aromatic rings. The molecular weight excluding hydrogens is 334 g/mol. The number of hydrogen-bond donors (Lipinski definition) is 2. The quantitative estimate of drug-likeness (QED) is 0.565. The molecule has 1 atom stereocenters. The van der Waals surface area contributed by atoms with Gasteiger partial charge in [0.2, 0.25) is 5.65 Å². The maximum absolute atomic E-state index is 6.06. The average molecular weight is 364 g/mol. The van der Waals surface area contributed by atoms with Crippen molar-refractivity contribution in [3.8, 4) is 0 Å². The summed E-state index contributed by atoms with van der Waals surface area (Å²) in [7, 11) is 0. The number of nitrogen functional groups attached to an aromatic ring is 1. The zero-order valence-corrected chi connectivity index (χ0v) is 15.9. The van der Waals surface area contributed by atoms with Crippen LogP contribution in [0.3, 0.4) is 0 Å².